The summed E-state index contributed by atoms with van der Waals surface area (Å²) in [7, 11) is 1.47. The second-order valence-corrected chi connectivity index (χ2v) is 3.79. The van der Waals surface area contributed by atoms with Crippen LogP contribution in [0.5, 0.6) is 11.5 Å². The molecule has 1 rings (SSSR count). The normalized spacial score (nSPS) is 8.95. The highest BCUT2D eigenvalue weighted by atomic mass is 16.6. The van der Waals surface area contributed by atoms with Gasteiger partial charge in [0.15, 0.2) is 18.1 Å². The van der Waals surface area contributed by atoms with Gasteiger partial charge < -0.3 is 14.2 Å². The van der Waals surface area contributed by atoms with Crippen LogP contribution < -0.4 is 9.47 Å². The average molecular weight is 286 g/mol. The maximum absolute atomic E-state index is 11.3. The maximum atomic E-state index is 11.3. The van der Waals surface area contributed by atoms with Gasteiger partial charge in [0.25, 0.3) is 0 Å². The van der Waals surface area contributed by atoms with Crippen molar-refractivity contribution >= 4 is 12.0 Å². The minimum Gasteiger partial charge on any atom is -0.493 e. The van der Waals surface area contributed by atoms with Crippen LogP contribution in [-0.4, -0.2) is 26.3 Å². The number of nitriles is 2. The average Bonchev–Trinajstić information content (AvgIpc) is 2.51. The van der Waals surface area contributed by atoms with Gasteiger partial charge >= 0.3 is 5.97 Å². The Morgan fingerprint density at radius 3 is 2.57 bits per heavy atom. The van der Waals surface area contributed by atoms with E-state index in [1.807, 2.05) is 0 Å². The van der Waals surface area contributed by atoms with Gasteiger partial charge in [-0.3, -0.25) is 0 Å². The quantitative estimate of drug-likeness (QED) is 0.587. The summed E-state index contributed by atoms with van der Waals surface area (Å²) in [5.74, 6) is 0.275. The number of hydrogen-bond donors (Lipinski definition) is 0. The van der Waals surface area contributed by atoms with Gasteiger partial charge in [-0.25, -0.2) is 4.79 Å². The van der Waals surface area contributed by atoms with Crippen LogP contribution in [0.15, 0.2) is 23.8 Å². The van der Waals surface area contributed by atoms with Crippen molar-refractivity contribution in [3.8, 4) is 23.6 Å². The molecule has 0 aliphatic rings. The highest BCUT2D eigenvalue weighted by Gasteiger charge is 2.09. The second-order valence-electron chi connectivity index (χ2n) is 3.79. The fourth-order valence-electron chi connectivity index (χ4n) is 1.49. The minimum atomic E-state index is -0.491. The lowest BCUT2D eigenvalue weighted by Crippen LogP contribution is -2.14. The molecule has 108 valence electrons. The van der Waals surface area contributed by atoms with Crippen LogP contribution >= 0.6 is 0 Å². The summed E-state index contributed by atoms with van der Waals surface area (Å²) in [5, 5.41) is 17.5. The Morgan fingerprint density at radius 2 is 2.00 bits per heavy atom. The van der Waals surface area contributed by atoms with Crippen molar-refractivity contribution in [1.29, 1.82) is 10.5 Å². The molecule has 0 aliphatic carbocycles. The predicted octanol–water partition coefficient (Wildman–Crippen LogP) is 2.07. The number of benzene rings is 1. The lowest BCUT2D eigenvalue weighted by atomic mass is 10.1. The van der Waals surface area contributed by atoms with Gasteiger partial charge in [-0.15, -0.1) is 0 Å². The third-order valence-electron chi connectivity index (χ3n) is 2.39. The summed E-state index contributed by atoms with van der Waals surface area (Å²) in [5.41, 5.74) is 0.560. The summed E-state index contributed by atoms with van der Waals surface area (Å²) in [6.07, 6.45) is 1.41. The summed E-state index contributed by atoms with van der Waals surface area (Å²) >= 11 is 0. The van der Waals surface area contributed by atoms with E-state index in [0.717, 1.165) is 0 Å². The fraction of sp³-hybridized carbons (Fsp3) is 0.267. The van der Waals surface area contributed by atoms with Gasteiger partial charge in [0.2, 0.25) is 0 Å². The van der Waals surface area contributed by atoms with E-state index in [9.17, 15) is 4.79 Å². The third-order valence-corrected chi connectivity index (χ3v) is 2.39. The third kappa shape index (κ3) is 4.88. The van der Waals surface area contributed by atoms with Crippen LogP contribution in [0.1, 0.15) is 12.5 Å². The molecule has 0 atom stereocenters. The van der Waals surface area contributed by atoms with E-state index < -0.39 is 5.97 Å². The minimum absolute atomic E-state index is 0.0310. The molecule has 0 aromatic heterocycles. The van der Waals surface area contributed by atoms with Crippen molar-refractivity contribution in [3.63, 3.8) is 0 Å². The van der Waals surface area contributed by atoms with Crippen molar-refractivity contribution in [3.05, 3.63) is 29.3 Å². The first-order valence-corrected chi connectivity index (χ1v) is 6.13. The van der Waals surface area contributed by atoms with E-state index in [0.29, 0.717) is 17.1 Å². The summed E-state index contributed by atoms with van der Waals surface area (Å²) < 4.78 is 15.2. The Kier molecular flexibility index (Phi) is 6.30. The number of nitrogens with zero attached hydrogens (tertiary/aromatic N) is 2. The number of methoxy groups -OCH3 is 1. The molecular weight excluding hydrogens is 272 g/mol. The van der Waals surface area contributed by atoms with Gasteiger partial charge in [0.1, 0.15) is 17.7 Å². The van der Waals surface area contributed by atoms with Gasteiger partial charge in [0, 0.05) is 0 Å². The van der Waals surface area contributed by atoms with Crippen LogP contribution in [0, 0.1) is 22.7 Å². The summed E-state index contributed by atoms with van der Waals surface area (Å²) in [4.78, 5) is 11.3. The molecule has 1 aromatic carbocycles. The molecule has 0 spiro atoms. The van der Waals surface area contributed by atoms with Crippen molar-refractivity contribution in [1.82, 2.24) is 0 Å². The molecule has 0 N–H and O–H groups in total. The van der Waals surface area contributed by atoms with Gasteiger partial charge in [-0.2, -0.15) is 10.5 Å². The molecule has 0 saturated heterocycles. The van der Waals surface area contributed by atoms with E-state index in [1.54, 1.807) is 37.3 Å². The molecule has 1 aromatic rings. The monoisotopic (exact) mass is 286 g/mol. The Bertz CT molecular complexity index is 608. The lowest BCUT2D eigenvalue weighted by molar-refractivity contribution is -0.145. The molecule has 6 heteroatoms. The number of rotatable bonds is 6. The predicted molar refractivity (Wildman–Crippen MR) is 74.3 cm³/mol. The van der Waals surface area contributed by atoms with Gasteiger partial charge in [-0.05, 0) is 30.7 Å². The first-order valence-electron chi connectivity index (χ1n) is 6.13. The van der Waals surface area contributed by atoms with Crippen molar-refractivity contribution < 1.29 is 19.0 Å². The highest BCUT2D eigenvalue weighted by Crippen LogP contribution is 2.28. The smallest absolute Gasteiger partial charge is 0.344 e. The number of ether oxygens (including phenoxy) is 3. The van der Waals surface area contributed by atoms with Crippen molar-refractivity contribution in [2.75, 3.05) is 20.3 Å². The number of carbonyl (C=O) groups excluding carboxylic acids is 1. The Hall–Kier alpha value is -2.99. The molecule has 0 aliphatic heterocycles. The van der Waals surface area contributed by atoms with E-state index in [4.69, 9.17) is 24.7 Å². The summed E-state index contributed by atoms with van der Waals surface area (Å²) in [6.45, 7) is 1.73. The van der Waals surface area contributed by atoms with Crippen LogP contribution in [0.3, 0.4) is 0 Å². The molecule has 6 nitrogen and oxygen atoms in total. The van der Waals surface area contributed by atoms with E-state index in [2.05, 4.69) is 0 Å². The Labute approximate surface area is 122 Å². The molecular formula is C15H14N2O4. The van der Waals surface area contributed by atoms with Crippen molar-refractivity contribution in [2.45, 2.75) is 6.92 Å². The van der Waals surface area contributed by atoms with Crippen LogP contribution in [0.2, 0.25) is 0 Å². The van der Waals surface area contributed by atoms with Crippen LogP contribution in [-0.2, 0) is 9.53 Å². The first kappa shape index (κ1) is 16.1. The Balaban J connectivity index is 2.96. The molecule has 0 saturated carbocycles. The molecule has 0 fully saturated rings. The second kappa shape index (κ2) is 8.23. The molecule has 0 heterocycles. The molecule has 0 radical (unpaired) electrons. The number of allylic oxidation sites excluding steroid dienone is 1. The largest absolute Gasteiger partial charge is 0.493 e. The zero-order valence-electron chi connectivity index (χ0n) is 11.8. The van der Waals surface area contributed by atoms with Crippen LogP contribution in [0.4, 0.5) is 0 Å². The zero-order chi connectivity index (χ0) is 15.7. The van der Waals surface area contributed by atoms with Crippen molar-refractivity contribution in [2.24, 2.45) is 0 Å². The zero-order valence-corrected chi connectivity index (χ0v) is 11.8. The highest BCUT2D eigenvalue weighted by molar-refractivity contribution is 5.71. The number of hydrogen-bond acceptors (Lipinski definition) is 6. The van der Waals surface area contributed by atoms with Gasteiger partial charge in [-0.1, -0.05) is 6.07 Å². The molecule has 21 heavy (non-hydrogen) atoms. The van der Waals surface area contributed by atoms with E-state index >= 15 is 0 Å². The topological polar surface area (TPSA) is 92.3 Å². The molecule has 0 unspecified atom stereocenters. The maximum Gasteiger partial charge on any atom is 0.344 e. The van der Waals surface area contributed by atoms with E-state index in [1.165, 1.54) is 13.2 Å². The van der Waals surface area contributed by atoms with E-state index in [-0.39, 0.29) is 18.8 Å². The lowest BCUT2D eigenvalue weighted by Gasteiger charge is -2.10. The standard InChI is InChI=1S/C15H14N2O4/c1-3-20-15(18)10-21-14-7-11(4-5-13(14)19-2)6-12(8-16)9-17/h4-7H,3,10H2,1-2H3. The number of carbonyl (C=O) groups is 1. The summed E-state index contributed by atoms with van der Waals surface area (Å²) in [6, 6.07) is 8.41. The number of esters is 1. The molecule has 0 bridgehead atoms. The van der Waals surface area contributed by atoms with Gasteiger partial charge in [0.05, 0.1) is 13.7 Å². The SMILES string of the molecule is CCOC(=O)COc1cc(C=C(C#N)C#N)ccc1OC. The van der Waals surface area contributed by atoms with Crippen LogP contribution in [0.25, 0.3) is 6.08 Å². The Morgan fingerprint density at radius 1 is 1.29 bits per heavy atom. The first-order chi connectivity index (χ1) is 10.1. The molecule has 0 amide bonds. The fourth-order valence-corrected chi connectivity index (χ4v) is 1.49.